The zero-order chi connectivity index (χ0) is 17.2. The Bertz CT molecular complexity index is 1040. The van der Waals surface area contributed by atoms with Crippen molar-refractivity contribution in [3.63, 3.8) is 0 Å². The Morgan fingerprint density at radius 1 is 1.04 bits per heavy atom. The van der Waals surface area contributed by atoms with E-state index in [1.54, 1.807) is 12.3 Å². The highest BCUT2D eigenvalue weighted by Gasteiger charge is 2.13. The fraction of sp³-hybridized carbons (Fsp3) is 0.100. The molecule has 3 N–H and O–H groups in total. The monoisotopic (exact) mass is 331 g/mol. The number of H-pyrrole nitrogens is 1. The molecular weight excluding hydrogens is 314 g/mol. The van der Waals surface area contributed by atoms with Gasteiger partial charge in [-0.1, -0.05) is 48.5 Å². The van der Waals surface area contributed by atoms with Crippen molar-refractivity contribution in [3.8, 4) is 0 Å². The number of pyridine rings is 1. The topological polar surface area (TPSA) is 78.0 Å². The lowest BCUT2D eigenvalue weighted by Gasteiger charge is -2.12. The molecule has 2 aromatic heterocycles. The van der Waals surface area contributed by atoms with Crippen LogP contribution in [0, 0.1) is 0 Å². The van der Waals surface area contributed by atoms with Crippen molar-refractivity contribution in [1.29, 1.82) is 0 Å². The molecule has 0 aliphatic carbocycles. The number of fused-ring (bicyclic) bond motifs is 3. The second-order valence-electron chi connectivity index (χ2n) is 5.92. The minimum absolute atomic E-state index is 0.135. The number of carbonyl (C=O) groups is 1. The quantitative estimate of drug-likeness (QED) is 0.537. The Labute approximate surface area is 144 Å². The van der Waals surface area contributed by atoms with Gasteiger partial charge in [-0.25, -0.2) is 4.98 Å². The first-order chi connectivity index (χ1) is 12.2. The lowest BCUT2D eigenvalue weighted by atomic mass is 10.1. The van der Waals surface area contributed by atoms with Gasteiger partial charge in [-0.05, 0) is 17.7 Å². The molecule has 0 fully saturated rings. The summed E-state index contributed by atoms with van der Waals surface area (Å²) in [6, 6.07) is 18.9. The highest BCUT2D eigenvalue weighted by atomic mass is 16.3. The Morgan fingerprint density at radius 2 is 1.80 bits per heavy atom. The van der Waals surface area contributed by atoms with E-state index in [2.05, 4.69) is 15.3 Å². The first-order valence-electron chi connectivity index (χ1n) is 8.10. The second-order valence-corrected chi connectivity index (χ2v) is 5.92. The fourth-order valence-corrected chi connectivity index (χ4v) is 2.95. The molecule has 25 heavy (non-hydrogen) atoms. The molecule has 124 valence electrons. The number of rotatable bonds is 4. The summed E-state index contributed by atoms with van der Waals surface area (Å²) in [7, 11) is 0. The van der Waals surface area contributed by atoms with Crippen LogP contribution in [0.1, 0.15) is 22.2 Å². The van der Waals surface area contributed by atoms with Gasteiger partial charge in [0.1, 0.15) is 5.69 Å². The summed E-state index contributed by atoms with van der Waals surface area (Å²) in [5.74, 6) is -0.304. The number of aromatic nitrogens is 2. The van der Waals surface area contributed by atoms with Gasteiger partial charge in [0, 0.05) is 22.8 Å². The largest absolute Gasteiger partial charge is 0.387 e. The highest BCUT2D eigenvalue weighted by molar-refractivity contribution is 6.09. The molecule has 4 rings (SSSR count). The Balaban J connectivity index is 1.55. The van der Waals surface area contributed by atoms with Crippen molar-refractivity contribution in [2.24, 2.45) is 0 Å². The molecule has 0 saturated heterocycles. The first-order valence-corrected chi connectivity index (χ1v) is 8.10. The molecule has 0 saturated carbocycles. The molecule has 2 aromatic carbocycles. The van der Waals surface area contributed by atoms with Crippen LogP contribution in [0.2, 0.25) is 0 Å². The van der Waals surface area contributed by atoms with E-state index >= 15 is 0 Å². The van der Waals surface area contributed by atoms with Crippen molar-refractivity contribution in [2.45, 2.75) is 6.10 Å². The van der Waals surface area contributed by atoms with Gasteiger partial charge in [0.05, 0.1) is 17.8 Å². The van der Waals surface area contributed by atoms with E-state index in [1.165, 1.54) is 0 Å². The van der Waals surface area contributed by atoms with E-state index in [-0.39, 0.29) is 12.5 Å². The lowest BCUT2D eigenvalue weighted by Crippen LogP contribution is -2.29. The number of carbonyl (C=O) groups excluding carboxylic acids is 1. The summed E-state index contributed by atoms with van der Waals surface area (Å²) in [4.78, 5) is 19.9. The lowest BCUT2D eigenvalue weighted by molar-refractivity contribution is 0.0911. The average molecular weight is 331 g/mol. The third kappa shape index (κ3) is 2.97. The maximum Gasteiger partial charge on any atom is 0.270 e. The Morgan fingerprint density at radius 3 is 2.64 bits per heavy atom. The summed E-state index contributed by atoms with van der Waals surface area (Å²) < 4.78 is 0. The maximum atomic E-state index is 12.4. The molecule has 0 unspecified atom stereocenters. The van der Waals surface area contributed by atoms with Crippen LogP contribution in [0.4, 0.5) is 0 Å². The van der Waals surface area contributed by atoms with E-state index in [9.17, 15) is 9.90 Å². The minimum Gasteiger partial charge on any atom is -0.387 e. The third-order valence-electron chi connectivity index (χ3n) is 4.26. The van der Waals surface area contributed by atoms with Gasteiger partial charge in [0.2, 0.25) is 0 Å². The zero-order valence-electron chi connectivity index (χ0n) is 13.4. The van der Waals surface area contributed by atoms with Gasteiger partial charge in [0.25, 0.3) is 5.91 Å². The number of hydrogen-bond acceptors (Lipinski definition) is 3. The molecule has 2 heterocycles. The number of aliphatic hydroxyl groups is 1. The number of nitrogens with zero attached hydrogens (tertiary/aromatic N) is 1. The molecular formula is C20H17N3O2. The summed E-state index contributed by atoms with van der Waals surface area (Å²) in [5, 5.41) is 14.9. The molecule has 0 bridgehead atoms. The molecule has 4 aromatic rings. The second kappa shape index (κ2) is 6.37. The van der Waals surface area contributed by atoms with Crippen molar-refractivity contribution in [1.82, 2.24) is 15.3 Å². The Kier molecular flexibility index (Phi) is 3.91. The van der Waals surface area contributed by atoms with Crippen molar-refractivity contribution >= 4 is 27.7 Å². The molecule has 1 amide bonds. The van der Waals surface area contributed by atoms with Crippen molar-refractivity contribution in [3.05, 3.63) is 78.1 Å². The van der Waals surface area contributed by atoms with Gasteiger partial charge in [0.15, 0.2) is 0 Å². The van der Waals surface area contributed by atoms with E-state index in [0.29, 0.717) is 5.69 Å². The van der Waals surface area contributed by atoms with Crippen LogP contribution in [0.5, 0.6) is 0 Å². The number of benzene rings is 2. The number of aromatic amines is 1. The zero-order valence-corrected chi connectivity index (χ0v) is 13.4. The van der Waals surface area contributed by atoms with Crippen molar-refractivity contribution in [2.75, 3.05) is 6.54 Å². The molecule has 0 radical (unpaired) electrons. The van der Waals surface area contributed by atoms with Gasteiger partial charge >= 0.3 is 0 Å². The standard InChI is InChI=1S/C20H17N3O2/c24-19(13-6-2-1-3-7-13)12-22-20(25)17-10-15-14-8-4-5-9-16(14)23-18(15)11-21-17/h1-11,19,23-24H,12H2,(H,22,25)/t19-/m0/s1. The van der Waals surface area contributed by atoms with Crippen LogP contribution in [-0.4, -0.2) is 27.5 Å². The molecule has 1 atom stereocenters. The first kappa shape index (κ1) is 15.4. The van der Waals surface area contributed by atoms with E-state index in [1.807, 2.05) is 54.6 Å². The molecule has 0 spiro atoms. The van der Waals surface area contributed by atoms with Crippen LogP contribution >= 0.6 is 0 Å². The number of hydrogen-bond donors (Lipinski definition) is 3. The number of aliphatic hydroxyl groups excluding tert-OH is 1. The fourth-order valence-electron chi connectivity index (χ4n) is 2.95. The molecule has 0 aliphatic heterocycles. The summed E-state index contributed by atoms with van der Waals surface area (Å²) in [5.41, 5.74) is 3.00. The predicted molar refractivity (Wildman–Crippen MR) is 97.3 cm³/mol. The normalized spacial score (nSPS) is 12.4. The van der Waals surface area contributed by atoms with Gasteiger partial charge in [-0.2, -0.15) is 0 Å². The van der Waals surface area contributed by atoms with Crippen LogP contribution in [0.3, 0.4) is 0 Å². The van der Waals surface area contributed by atoms with E-state index < -0.39 is 6.10 Å². The third-order valence-corrected chi connectivity index (χ3v) is 4.26. The van der Waals surface area contributed by atoms with E-state index in [4.69, 9.17) is 0 Å². The number of amides is 1. The van der Waals surface area contributed by atoms with Crippen LogP contribution in [-0.2, 0) is 0 Å². The van der Waals surface area contributed by atoms with Crippen LogP contribution in [0.25, 0.3) is 21.8 Å². The van der Waals surface area contributed by atoms with Gasteiger partial charge in [-0.15, -0.1) is 0 Å². The van der Waals surface area contributed by atoms with E-state index in [0.717, 1.165) is 27.4 Å². The smallest absolute Gasteiger partial charge is 0.270 e. The summed E-state index contributed by atoms with van der Waals surface area (Å²) >= 11 is 0. The average Bonchev–Trinajstić information content (AvgIpc) is 3.04. The summed E-state index contributed by atoms with van der Waals surface area (Å²) in [6.45, 7) is 0.135. The predicted octanol–water partition coefficient (Wildman–Crippen LogP) is 3.18. The molecule has 5 nitrogen and oxygen atoms in total. The van der Waals surface area contributed by atoms with Gasteiger partial charge < -0.3 is 15.4 Å². The highest BCUT2D eigenvalue weighted by Crippen LogP contribution is 2.25. The minimum atomic E-state index is -0.748. The van der Waals surface area contributed by atoms with Gasteiger partial charge in [-0.3, -0.25) is 4.79 Å². The number of para-hydroxylation sites is 1. The molecule has 0 aliphatic rings. The van der Waals surface area contributed by atoms with Crippen LogP contribution in [0.15, 0.2) is 66.9 Å². The number of nitrogens with one attached hydrogen (secondary N) is 2. The van der Waals surface area contributed by atoms with Crippen molar-refractivity contribution < 1.29 is 9.90 Å². The SMILES string of the molecule is O=C(NC[C@H](O)c1ccccc1)c1cc2c(cn1)[nH]c1ccccc12. The summed E-state index contributed by atoms with van der Waals surface area (Å²) in [6.07, 6.45) is 0.916. The van der Waals surface area contributed by atoms with Crippen LogP contribution < -0.4 is 5.32 Å². The Hall–Kier alpha value is -3.18. The molecule has 5 heteroatoms. The maximum absolute atomic E-state index is 12.4.